The summed E-state index contributed by atoms with van der Waals surface area (Å²) in [5.41, 5.74) is -0.331. The fraction of sp³-hybridized carbons (Fsp3) is 0.621. The monoisotopic (exact) mass is 668 g/mol. The van der Waals surface area contributed by atoms with Gasteiger partial charge < -0.3 is 0 Å². The van der Waals surface area contributed by atoms with Crippen molar-refractivity contribution in [1.29, 1.82) is 0 Å². The summed E-state index contributed by atoms with van der Waals surface area (Å²) >= 11 is -0.335. The third-order valence-corrected chi connectivity index (χ3v) is 21.9. The van der Waals surface area contributed by atoms with E-state index in [0.29, 0.717) is 11.2 Å². The van der Waals surface area contributed by atoms with Crippen molar-refractivity contribution >= 4 is 38.0 Å². The van der Waals surface area contributed by atoms with Crippen LogP contribution in [0.2, 0.25) is 27.0 Å². The zero-order valence-electron chi connectivity index (χ0n) is 25.5. The van der Waals surface area contributed by atoms with Gasteiger partial charge in [-0.2, -0.15) is 0 Å². The number of hydrogen-bond donors (Lipinski definition) is 1. The number of aromatic nitrogens is 2. The Morgan fingerprint density at radius 3 is 2.05 bits per heavy atom. The molecule has 226 valence electrons. The molecule has 12 heteroatoms. The number of carbonyl (C=O) groups is 1. The van der Waals surface area contributed by atoms with E-state index < -0.39 is 51.4 Å². The van der Waals surface area contributed by atoms with Gasteiger partial charge in [0.25, 0.3) is 0 Å². The maximum atomic E-state index is 13.8. The Labute approximate surface area is 250 Å². The molecule has 9 nitrogen and oxygen atoms in total. The molecule has 0 radical (unpaired) electrons. The molecule has 2 aliphatic rings. The van der Waals surface area contributed by atoms with Gasteiger partial charge in [0, 0.05) is 0 Å². The number of aliphatic hydroxyl groups excluding tert-OH is 1. The summed E-state index contributed by atoms with van der Waals surface area (Å²) < 4.78 is 23.2. The van der Waals surface area contributed by atoms with E-state index in [-0.39, 0.29) is 53.1 Å². The van der Waals surface area contributed by atoms with Crippen LogP contribution in [-0.2, 0) is 13.0 Å². The minimum absolute atomic E-state index is 0.100. The Morgan fingerprint density at radius 2 is 1.51 bits per heavy atom. The van der Waals surface area contributed by atoms with Crippen LogP contribution in [0, 0.1) is 6.92 Å². The van der Waals surface area contributed by atoms with Crippen molar-refractivity contribution in [2.24, 2.45) is 0 Å². The Balaban J connectivity index is 1.81. The van der Waals surface area contributed by atoms with Gasteiger partial charge in [0.15, 0.2) is 0 Å². The predicted octanol–water partition coefficient (Wildman–Crippen LogP) is 4.33. The Morgan fingerprint density at radius 1 is 0.951 bits per heavy atom. The van der Waals surface area contributed by atoms with Crippen molar-refractivity contribution < 1.29 is 22.9 Å². The second kappa shape index (κ2) is 12.2. The Hall–Kier alpha value is -1.64. The maximum absolute atomic E-state index is 13.8. The third-order valence-electron chi connectivity index (χ3n) is 8.42. The van der Waals surface area contributed by atoms with Crippen molar-refractivity contribution in [2.45, 2.75) is 106 Å². The third kappa shape index (κ3) is 5.58. The molecule has 4 rings (SSSR count). The summed E-state index contributed by atoms with van der Waals surface area (Å²) in [7, 11) is -5.70. The number of hydrogen-bond acceptors (Lipinski definition) is 7. The average molecular weight is 668 g/mol. The number of fused-ring (bicyclic) bond motifs is 1. The Kier molecular flexibility index (Phi) is 9.57. The SMILES string of the molecule is Cc1cn([C@@H]2[Se][C@@H]3CO[Si](C(C)C)(C(C)C)O[Si](C(C)C)(C(C)C)OC3C2O)c(=O)n(C(=O)c2ccccc2)c1=O. The van der Waals surface area contributed by atoms with Crippen LogP contribution in [0.3, 0.4) is 0 Å². The Bertz CT molecular complexity index is 1360. The van der Waals surface area contributed by atoms with E-state index in [0.717, 1.165) is 0 Å². The van der Waals surface area contributed by atoms with Crippen molar-refractivity contribution in [3.8, 4) is 0 Å². The van der Waals surface area contributed by atoms with Gasteiger partial charge in [0.2, 0.25) is 0 Å². The molecule has 2 fully saturated rings. The molecule has 1 aromatic carbocycles. The van der Waals surface area contributed by atoms with Gasteiger partial charge in [-0.05, 0) is 0 Å². The van der Waals surface area contributed by atoms with E-state index in [1.807, 2.05) is 0 Å². The van der Waals surface area contributed by atoms with E-state index >= 15 is 0 Å². The average Bonchev–Trinajstić information content (AvgIpc) is 3.19. The standard InChI is InChI=1S/C29H44N2O7SeSi2/c1-17(2)40(18(3)4)36-16-23-25(37-41(38-40,19(5)6)20(7)8)24(32)28(39-23)30-15-21(9)26(33)31(29(30)35)27(34)22-13-11-10-12-14-22/h10-15,17-20,23-25,28,32H,16H2,1-9H3/t23-,24?,25?,28-/m1/s1. The first-order valence-electron chi connectivity index (χ1n) is 14.5. The molecule has 0 amide bonds. The fourth-order valence-electron chi connectivity index (χ4n) is 6.14. The zero-order valence-corrected chi connectivity index (χ0v) is 29.2. The second-order valence-electron chi connectivity index (χ2n) is 12.4. The summed E-state index contributed by atoms with van der Waals surface area (Å²) in [6, 6.07) is 8.28. The first-order valence-corrected chi connectivity index (χ1v) is 20.4. The molecule has 2 aromatic rings. The van der Waals surface area contributed by atoms with Crippen LogP contribution < -0.4 is 11.2 Å². The van der Waals surface area contributed by atoms with Gasteiger partial charge >= 0.3 is 252 Å². The summed E-state index contributed by atoms with van der Waals surface area (Å²) in [6.07, 6.45) is -0.138. The van der Waals surface area contributed by atoms with E-state index in [9.17, 15) is 19.5 Å². The van der Waals surface area contributed by atoms with E-state index in [1.54, 1.807) is 37.3 Å². The number of benzene rings is 1. The van der Waals surface area contributed by atoms with Crippen molar-refractivity contribution in [2.75, 3.05) is 6.61 Å². The fourth-order valence-corrected chi connectivity index (χ4v) is 21.0. The van der Waals surface area contributed by atoms with Crippen LogP contribution in [-0.4, -0.2) is 71.0 Å². The molecule has 2 aliphatic heterocycles. The molecule has 0 bridgehead atoms. The van der Waals surface area contributed by atoms with Crippen LogP contribution in [0.5, 0.6) is 0 Å². The van der Waals surface area contributed by atoms with Gasteiger partial charge in [-0.25, -0.2) is 0 Å². The van der Waals surface area contributed by atoms with E-state index in [1.165, 1.54) is 10.8 Å². The molecule has 4 atom stereocenters. The van der Waals surface area contributed by atoms with Gasteiger partial charge in [-0.3, -0.25) is 0 Å². The van der Waals surface area contributed by atoms with Crippen LogP contribution in [0.25, 0.3) is 0 Å². The van der Waals surface area contributed by atoms with Crippen LogP contribution >= 0.6 is 0 Å². The predicted molar refractivity (Wildman–Crippen MR) is 164 cm³/mol. The number of rotatable bonds is 6. The molecule has 2 unspecified atom stereocenters. The second-order valence-corrected chi connectivity index (χ2v) is 24.1. The van der Waals surface area contributed by atoms with Crippen LogP contribution in [0.1, 0.15) is 76.3 Å². The molecule has 0 saturated carbocycles. The van der Waals surface area contributed by atoms with E-state index in [2.05, 4.69) is 55.4 Å². The van der Waals surface area contributed by atoms with Gasteiger partial charge in [-0.15, -0.1) is 0 Å². The number of aliphatic hydroxyl groups is 1. The molecule has 1 aromatic heterocycles. The number of carbonyl (C=O) groups excluding carboxylic acids is 1. The summed E-state index contributed by atoms with van der Waals surface area (Å²) in [5, 5.41) is 11.8. The number of aryl methyl sites for hydroxylation is 1. The number of nitrogens with zero attached hydrogens (tertiary/aromatic N) is 2. The molecule has 41 heavy (non-hydrogen) atoms. The van der Waals surface area contributed by atoms with Crippen LogP contribution in [0.15, 0.2) is 46.1 Å². The molecule has 0 aliphatic carbocycles. The van der Waals surface area contributed by atoms with Gasteiger partial charge in [0.1, 0.15) is 0 Å². The van der Waals surface area contributed by atoms with E-state index in [4.69, 9.17) is 13.0 Å². The zero-order chi connectivity index (χ0) is 30.4. The molecular weight excluding hydrogens is 623 g/mol. The normalized spacial score (nSPS) is 25.9. The minimum atomic E-state index is -2.96. The molecule has 0 spiro atoms. The van der Waals surface area contributed by atoms with Gasteiger partial charge in [0.05, 0.1) is 0 Å². The summed E-state index contributed by atoms with van der Waals surface area (Å²) in [6.45, 7) is 19.1. The topological polar surface area (TPSA) is 109 Å². The first-order chi connectivity index (χ1) is 19.2. The van der Waals surface area contributed by atoms with Gasteiger partial charge in [-0.1, -0.05) is 0 Å². The summed E-state index contributed by atoms with van der Waals surface area (Å²) in [4.78, 5) is 39.4. The van der Waals surface area contributed by atoms with Crippen molar-refractivity contribution in [3.63, 3.8) is 0 Å². The quantitative estimate of drug-likeness (QED) is 0.457. The molecule has 3 heterocycles. The molecule has 2 saturated heterocycles. The molecular formula is C29H44N2O7SeSi2. The summed E-state index contributed by atoms with van der Waals surface area (Å²) in [5.74, 6) is -0.687. The van der Waals surface area contributed by atoms with Crippen molar-refractivity contribution in [3.05, 3.63) is 68.5 Å². The molecule has 1 N–H and O–H groups in total. The van der Waals surface area contributed by atoms with Crippen LogP contribution in [0.4, 0.5) is 0 Å². The van der Waals surface area contributed by atoms with Crippen molar-refractivity contribution in [1.82, 2.24) is 9.13 Å². The first kappa shape index (κ1) is 32.3.